The van der Waals surface area contributed by atoms with Crippen LogP contribution in [0, 0.1) is 0 Å². The number of hydrogen-bond acceptors (Lipinski definition) is 6. The van der Waals surface area contributed by atoms with Crippen LogP contribution in [0.15, 0.2) is 29.8 Å². The summed E-state index contributed by atoms with van der Waals surface area (Å²) < 4.78 is 11.3. The third kappa shape index (κ3) is 3.21. The summed E-state index contributed by atoms with van der Waals surface area (Å²) in [5.74, 6) is 1.26. The Kier molecular flexibility index (Phi) is 4.59. The zero-order valence-corrected chi connectivity index (χ0v) is 15.0. The Labute approximate surface area is 151 Å². The molecule has 1 aromatic heterocycles. The van der Waals surface area contributed by atoms with Crippen molar-refractivity contribution in [1.29, 1.82) is 0 Å². The molecule has 1 aromatic carbocycles. The third-order valence-corrected chi connectivity index (χ3v) is 5.70. The number of ether oxygens (including phenoxy) is 2. The lowest BCUT2D eigenvalue weighted by atomic mass is 10.1. The van der Waals surface area contributed by atoms with E-state index in [0.29, 0.717) is 49.4 Å². The van der Waals surface area contributed by atoms with E-state index in [1.165, 1.54) is 0 Å². The fourth-order valence-corrected chi connectivity index (χ4v) is 4.05. The van der Waals surface area contributed by atoms with E-state index in [1.807, 2.05) is 34.7 Å². The summed E-state index contributed by atoms with van der Waals surface area (Å²) in [6.07, 6.45) is 1.84. The van der Waals surface area contributed by atoms with Crippen LogP contribution in [0.1, 0.15) is 28.3 Å². The van der Waals surface area contributed by atoms with E-state index in [1.54, 1.807) is 11.3 Å². The van der Waals surface area contributed by atoms with Gasteiger partial charge in [-0.2, -0.15) is 0 Å². The summed E-state index contributed by atoms with van der Waals surface area (Å²) in [5, 5.41) is 3.13. The summed E-state index contributed by atoms with van der Waals surface area (Å²) in [6, 6.07) is 5.80. The Morgan fingerprint density at radius 1 is 1.20 bits per heavy atom. The van der Waals surface area contributed by atoms with Gasteiger partial charge in [0.05, 0.1) is 11.6 Å². The van der Waals surface area contributed by atoms with Crippen molar-refractivity contribution >= 4 is 17.2 Å². The molecule has 0 spiro atoms. The number of nitrogens with zero attached hydrogens (tertiary/aromatic N) is 3. The molecule has 1 amide bonds. The number of amides is 1. The Hall–Kier alpha value is -2.12. The number of thiazole rings is 1. The lowest BCUT2D eigenvalue weighted by molar-refractivity contribution is 0.0573. The van der Waals surface area contributed by atoms with E-state index in [4.69, 9.17) is 9.47 Å². The van der Waals surface area contributed by atoms with Crippen molar-refractivity contribution in [2.45, 2.75) is 13.0 Å². The van der Waals surface area contributed by atoms with Crippen molar-refractivity contribution in [2.75, 3.05) is 39.4 Å². The van der Waals surface area contributed by atoms with E-state index in [-0.39, 0.29) is 5.91 Å². The van der Waals surface area contributed by atoms with Gasteiger partial charge in [0.1, 0.15) is 18.2 Å². The molecule has 25 heavy (non-hydrogen) atoms. The Bertz CT molecular complexity index is 742. The smallest absolute Gasteiger partial charge is 0.257 e. The minimum atomic E-state index is 0.0175. The quantitative estimate of drug-likeness (QED) is 0.842. The fourth-order valence-electron chi connectivity index (χ4n) is 3.32. The zero-order valence-electron chi connectivity index (χ0n) is 14.2. The highest BCUT2D eigenvalue weighted by Gasteiger charge is 2.29. The average molecular weight is 359 g/mol. The molecule has 1 atom stereocenters. The van der Waals surface area contributed by atoms with E-state index >= 15 is 0 Å². The summed E-state index contributed by atoms with van der Waals surface area (Å²) in [7, 11) is 0. The second kappa shape index (κ2) is 7.01. The van der Waals surface area contributed by atoms with Crippen LogP contribution in [0.25, 0.3) is 0 Å². The minimum absolute atomic E-state index is 0.0175. The standard InChI is InChI=1S/C18H21N3O3S/c1-13(17-19-5-12-25-17)20-6-8-21(9-7-20)18(22)14-3-2-4-15-16(14)24-11-10-23-15/h2-5,12-13H,6-11H2,1H3. The zero-order chi connectivity index (χ0) is 17.2. The van der Waals surface area contributed by atoms with Crippen LogP contribution in [0.2, 0.25) is 0 Å². The summed E-state index contributed by atoms with van der Waals surface area (Å²) in [6.45, 7) is 6.29. The largest absolute Gasteiger partial charge is 0.486 e. The first kappa shape index (κ1) is 16.4. The van der Waals surface area contributed by atoms with Gasteiger partial charge in [-0.3, -0.25) is 9.69 Å². The van der Waals surface area contributed by atoms with Gasteiger partial charge >= 0.3 is 0 Å². The van der Waals surface area contributed by atoms with E-state index < -0.39 is 0 Å². The first-order valence-electron chi connectivity index (χ1n) is 8.55. The third-order valence-electron chi connectivity index (χ3n) is 4.75. The Morgan fingerprint density at radius 3 is 2.76 bits per heavy atom. The maximum absolute atomic E-state index is 12.9. The lowest BCUT2D eigenvalue weighted by Gasteiger charge is -2.37. The van der Waals surface area contributed by atoms with Crippen LogP contribution >= 0.6 is 11.3 Å². The molecule has 0 saturated carbocycles. The maximum atomic E-state index is 12.9. The number of aromatic nitrogens is 1. The molecule has 2 aliphatic rings. The molecule has 1 unspecified atom stereocenters. The van der Waals surface area contributed by atoms with Gasteiger partial charge in [-0.05, 0) is 19.1 Å². The number of benzene rings is 1. The second-order valence-corrected chi connectivity index (χ2v) is 7.13. The number of carbonyl (C=O) groups excluding carboxylic acids is 1. The highest BCUT2D eigenvalue weighted by Crippen LogP contribution is 2.34. The van der Waals surface area contributed by atoms with E-state index in [9.17, 15) is 4.79 Å². The van der Waals surface area contributed by atoms with E-state index in [2.05, 4.69) is 16.8 Å². The molecule has 132 valence electrons. The summed E-state index contributed by atoms with van der Waals surface area (Å²) >= 11 is 1.68. The molecule has 0 N–H and O–H groups in total. The van der Waals surface area contributed by atoms with Crippen LogP contribution < -0.4 is 9.47 Å². The number of hydrogen-bond donors (Lipinski definition) is 0. The minimum Gasteiger partial charge on any atom is -0.486 e. The highest BCUT2D eigenvalue weighted by atomic mass is 32.1. The van der Waals surface area contributed by atoms with Crippen LogP contribution in [-0.2, 0) is 0 Å². The van der Waals surface area contributed by atoms with Gasteiger partial charge in [0.25, 0.3) is 5.91 Å². The van der Waals surface area contributed by atoms with Crippen molar-refractivity contribution in [3.63, 3.8) is 0 Å². The van der Waals surface area contributed by atoms with Crippen molar-refractivity contribution < 1.29 is 14.3 Å². The normalized spacial score (nSPS) is 18.8. The van der Waals surface area contributed by atoms with Gasteiger partial charge in [0.15, 0.2) is 11.5 Å². The number of carbonyl (C=O) groups is 1. The van der Waals surface area contributed by atoms with Crippen molar-refractivity contribution in [2.24, 2.45) is 0 Å². The topological polar surface area (TPSA) is 54.9 Å². The molecule has 0 radical (unpaired) electrons. The number of rotatable bonds is 3. The average Bonchev–Trinajstić information content (AvgIpc) is 3.21. The highest BCUT2D eigenvalue weighted by molar-refractivity contribution is 7.09. The Balaban J connectivity index is 1.44. The van der Waals surface area contributed by atoms with Crippen LogP contribution in [-0.4, -0.2) is 60.1 Å². The first-order valence-corrected chi connectivity index (χ1v) is 9.43. The van der Waals surface area contributed by atoms with Crippen molar-refractivity contribution in [3.8, 4) is 11.5 Å². The predicted octanol–water partition coefficient (Wildman–Crippen LogP) is 2.43. The molecule has 2 aliphatic heterocycles. The summed E-state index contributed by atoms with van der Waals surface area (Å²) in [5.41, 5.74) is 0.596. The van der Waals surface area contributed by atoms with Gasteiger partial charge in [-0.15, -0.1) is 11.3 Å². The monoisotopic (exact) mass is 359 g/mol. The van der Waals surface area contributed by atoms with Gasteiger partial charge < -0.3 is 14.4 Å². The molecule has 0 bridgehead atoms. The maximum Gasteiger partial charge on any atom is 0.257 e. The molecule has 1 saturated heterocycles. The van der Waals surface area contributed by atoms with Crippen molar-refractivity contribution in [3.05, 3.63) is 40.3 Å². The van der Waals surface area contributed by atoms with Crippen molar-refractivity contribution in [1.82, 2.24) is 14.8 Å². The molecule has 1 fully saturated rings. The van der Waals surface area contributed by atoms with Gasteiger partial charge in [-0.25, -0.2) is 4.98 Å². The van der Waals surface area contributed by atoms with Gasteiger partial charge in [0.2, 0.25) is 0 Å². The molecule has 6 nitrogen and oxygen atoms in total. The SMILES string of the molecule is CC(c1nccs1)N1CCN(C(=O)c2cccc3c2OCCO3)CC1. The molecule has 0 aliphatic carbocycles. The molecule has 2 aromatic rings. The van der Waals surface area contributed by atoms with Gasteiger partial charge in [-0.1, -0.05) is 6.07 Å². The molecule has 3 heterocycles. The lowest BCUT2D eigenvalue weighted by Crippen LogP contribution is -2.49. The van der Waals surface area contributed by atoms with Crippen LogP contribution in [0.4, 0.5) is 0 Å². The second-order valence-electron chi connectivity index (χ2n) is 6.20. The number of para-hydroxylation sites is 1. The predicted molar refractivity (Wildman–Crippen MR) is 95.4 cm³/mol. The molecular formula is C18H21N3O3S. The molecule has 7 heteroatoms. The first-order chi connectivity index (χ1) is 12.2. The van der Waals surface area contributed by atoms with Crippen LogP contribution in [0.3, 0.4) is 0 Å². The Morgan fingerprint density at radius 2 is 2.00 bits per heavy atom. The van der Waals surface area contributed by atoms with E-state index in [0.717, 1.165) is 18.1 Å². The molecular weight excluding hydrogens is 338 g/mol. The van der Waals surface area contributed by atoms with Crippen LogP contribution in [0.5, 0.6) is 11.5 Å². The summed E-state index contributed by atoms with van der Waals surface area (Å²) in [4.78, 5) is 21.6. The number of piperazine rings is 1. The fraction of sp³-hybridized carbons (Fsp3) is 0.444. The van der Waals surface area contributed by atoms with Gasteiger partial charge in [0, 0.05) is 37.8 Å². The number of fused-ring (bicyclic) bond motifs is 1. The molecule has 4 rings (SSSR count).